The first-order valence-electron chi connectivity index (χ1n) is 17.3. The fraction of sp³-hybridized carbons (Fsp3) is 0.632. The third-order valence-corrected chi connectivity index (χ3v) is 7.98. The molecule has 0 aliphatic carbocycles. The summed E-state index contributed by atoms with van der Waals surface area (Å²) in [6, 6.07) is 12.9. The molecule has 3 aromatic rings. The van der Waals surface area contributed by atoms with Crippen LogP contribution in [0.25, 0.3) is 21.5 Å². The van der Waals surface area contributed by atoms with Crippen LogP contribution in [0.3, 0.4) is 0 Å². The van der Waals surface area contributed by atoms with E-state index in [0.29, 0.717) is 13.2 Å². The molecule has 0 fully saturated rings. The van der Waals surface area contributed by atoms with Crippen molar-refractivity contribution in [2.45, 2.75) is 130 Å². The molecule has 0 unspecified atom stereocenters. The predicted molar refractivity (Wildman–Crippen MR) is 180 cm³/mol. The van der Waals surface area contributed by atoms with E-state index in [1.165, 1.54) is 77.0 Å². The van der Waals surface area contributed by atoms with Crippen LogP contribution >= 0.6 is 0 Å². The smallest absolute Gasteiger partial charge is 0.135 e. The van der Waals surface area contributed by atoms with Gasteiger partial charge in [-0.25, -0.2) is 0 Å². The quantitative estimate of drug-likeness (QED) is 0.0782. The van der Waals surface area contributed by atoms with Crippen LogP contribution < -0.4 is 18.9 Å². The normalized spacial score (nSPS) is 11.3. The molecule has 42 heavy (non-hydrogen) atoms. The Bertz CT molecular complexity index is 1060. The molecule has 0 aliphatic heterocycles. The van der Waals surface area contributed by atoms with E-state index in [-0.39, 0.29) is 0 Å². The van der Waals surface area contributed by atoms with E-state index in [0.717, 1.165) is 83.4 Å². The van der Waals surface area contributed by atoms with Gasteiger partial charge in [0.15, 0.2) is 0 Å². The summed E-state index contributed by atoms with van der Waals surface area (Å²) in [6.45, 7) is 11.9. The second kappa shape index (κ2) is 20.3. The number of rotatable bonds is 24. The molecule has 3 rings (SSSR count). The summed E-state index contributed by atoms with van der Waals surface area (Å²) < 4.78 is 25.7. The van der Waals surface area contributed by atoms with Crippen molar-refractivity contribution in [3.05, 3.63) is 36.4 Å². The van der Waals surface area contributed by atoms with Gasteiger partial charge >= 0.3 is 0 Å². The lowest BCUT2D eigenvalue weighted by Crippen LogP contribution is -2.04. The summed E-state index contributed by atoms with van der Waals surface area (Å²) in [5.41, 5.74) is 0. The maximum absolute atomic E-state index is 6.62. The van der Waals surface area contributed by atoms with E-state index in [1.54, 1.807) is 0 Å². The molecule has 0 aliphatic rings. The van der Waals surface area contributed by atoms with Gasteiger partial charge in [-0.05, 0) is 62.1 Å². The van der Waals surface area contributed by atoms with Crippen molar-refractivity contribution in [1.82, 2.24) is 0 Å². The molecule has 0 spiro atoms. The number of hydrogen-bond donors (Lipinski definition) is 0. The van der Waals surface area contributed by atoms with Crippen LogP contribution in [0.1, 0.15) is 130 Å². The van der Waals surface area contributed by atoms with Crippen molar-refractivity contribution in [3.8, 4) is 23.0 Å². The molecular formula is C38H58O4. The Morgan fingerprint density at radius 3 is 1.02 bits per heavy atom. The maximum atomic E-state index is 6.62. The molecule has 0 saturated heterocycles. The van der Waals surface area contributed by atoms with E-state index in [9.17, 15) is 0 Å². The van der Waals surface area contributed by atoms with Gasteiger partial charge in [0.25, 0.3) is 0 Å². The predicted octanol–water partition coefficient (Wildman–Crippen LogP) is 11.8. The number of hydrogen-bond acceptors (Lipinski definition) is 4. The first-order chi connectivity index (χ1) is 20.7. The van der Waals surface area contributed by atoms with E-state index < -0.39 is 0 Å². The molecule has 4 heteroatoms. The van der Waals surface area contributed by atoms with Crippen LogP contribution in [-0.4, -0.2) is 26.4 Å². The van der Waals surface area contributed by atoms with E-state index in [4.69, 9.17) is 18.9 Å². The molecule has 0 heterocycles. The van der Waals surface area contributed by atoms with Crippen LogP contribution in [0.2, 0.25) is 0 Å². The minimum atomic E-state index is 0.708. The van der Waals surface area contributed by atoms with Crippen molar-refractivity contribution in [1.29, 1.82) is 0 Å². The van der Waals surface area contributed by atoms with Crippen molar-refractivity contribution < 1.29 is 18.9 Å². The van der Waals surface area contributed by atoms with Crippen molar-refractivity contribution in [2.75, 3.05) is 26.4 Å². The molecular weight excluding hydrogens is 520 g/mol. The Morgan fingerprint density at radius 1 is 0.357 bits per heavy atom. The molecule has 0 N–H and O–H groups in total. The standard InChI is InChI=1S/C38H58O4/c1-5-9-13-17-25-39-31-21-23-33-35(29-31)37(41-27-19-15-11-7-3)34-24-22-32(40-26-18-14-10-6-2)30-36(34)38(33)42-28-20-16-12-8-4/h21-24,29-30H,5-20,25-28H2,1-4H3. The molecule has 0 amide bonds. The third kappa shape index (κ3) is 10.9. The van der Waals surface area contributed by atoms with Crippen LogP contribution in [0.4, 0.5) is 0 Å². The van der Waals surface area contributed by atoms with Gasteiger partial charge in [0.05, 0.1) is 26.4 Å². The Labute approximate surface area is 256 Å². The van der Waals surface area contributed by atoms with Gasteiger partial charge in [-0.15, -0.1) is 0 Å². The van der Waals surface area contributed by atoms with Gasteiger partial charge in [0.2, 0.25) is 0 Å². The monoisotopic (exact) mass is 578 g/mol. The molecule has 4 nitrogen and oxygen atoms in total. The highest BCUT2D eigenvalue weighted by Crippen LogP contribution is 2.45. The minimum Gasteiger partial charge on any atom is -0.494 e. The van der Waals surface area contributed by atoms with Crippen molar-refractivity contribution in [3.63, 3.8) is 0 Å². The zero-order valence-corrected chi connectivity index (χ0v) is 27.2. The average Bonchev–Trinajstić information content (AvgIpc) is 3.01. The van der Waals surface area contributed by atoms with Gasteiger partial charge in [-0.1, -0.05) is 105 Å². The molecule has 0 bridgehead atoms. The van der Waals surface area contributed by atoms with Gasteiger partial charge in [0.1, 0.15) is 23.0 Å². The third-order valence-electron chi connectivity index (χ3n) is 7.98. The summed E-state index contributed by atoms with van der Waals surface area (Å²) in [6.07, 6.45) is 19.0. The van der Waals surface area contributed by atoms with Gasteiger partial charge in [-0.2, -0.15) is 0 Å². The Kier molecular flexibility index (Phi) is 16.4. The summed E-state index contributed by atoms with van der Waals surface area (Å²) in [4.78, 5) is 0. The molecule has 0 radical (unpaired) electrons. The molecule has 0 atom stereocenters. The zero-order valence-electron chi connectivity index (χ0n) is 27.2. The van der Waals surface area contributed by atoms with E-state index in [2.05, 4.69) is 64.1 Å². The minimum absolute atomic E-state index is 0.708. The Morgan fingerprint density at radius 2 is 0.690 bits per heavy atom. The van der Waals surface area contributed by atoms with E-state index >= 15 is 0 Å². The van der Waals surface area contributed by atoms with Crippen LogP contribution in [0.15, 0.2) is 36.4 Å². The summed E-state index contributed by atoms with van der Waals surface area (Å²) in [7, 11) is 0. The first kappa shape index (κ1) is 33.9. The fourth-order valence-electron chi connectivity index (χ4n) is 5.44. The zero-order chi connectivity index (χ0) is 29.8. The molecule has 0 saturated carbocycles. The molecule has 234 valence electrons. The Hall–Kier alpha value is -2.62. The SMILES string of the molecule is CCCCCCOc1ccc2c(OCCCCCC)c3cc(OCCCCCC)ccc3c(OCCCCCC)c2c1. The van der Waals surface area contributed by atoms with Gasteiger partial charge < -0.3 is 18.9 Å². The lowest BCUT2D eigenvalue weighted by Gasteiger charge is -2.19. The summed E-state index contributed by atoms with van der Waals surface area (Å²) >= 11 is 0. The van der Waals surface area contributed by atoms with Crippen molar-refractivity contribution in [2.24, 2.45) is 0 Å². The van der Waals surface area contributed by atoms with Crippen molar-refractivity contribution >= 4 is 21.5 Å². The highest BCUT2D eigenvalue weighted by molar-refractivity contribution is 6.11. The maximum Gasteiger partial charge on any atom is 0.135 e. The van der Waals surface area contributed by atoms with Gasteiger partial charge in [0, 0.05) is 21.5 Å². The average molecular weight is 579 g/mol. The van der Waals surface area contributed by atoms with Crippen LogP contribution in [-0.2, 0) is 0 Å². The highest BCUT2D eigenvalue weighted by atomic mass is 16.5. The lowest BCUT2D eigenvalue weighted by molar-refractivity contribution is 0.301. The number of ether oxygens (including phenoxy) is 4. The fourth-order valence-corrected chi connectivity index (χ4v) is 5.44. The lowest BCUT2D eigenvalue weighted by atomic mass is 9.99. The second-order valence-electron chi connectivity index (χ2n) is 11.7. The molecule has 0 aromatic heterocycles. The van der Waals surface area contributed by atoms with Crippen LogP contribution in [0, 0.1) is 0 Å². The largest absolute Gasteiger partial charge is 0.494 e. The number of fused-ring (bicyclic) bond motifs is 2. The number of benzene rings is 3. The van der Waals surface area contributed by atoms with Gasteiger partial charge in [-0.3, -0.25) is 0 Å². The first-order valence-corrected chi connectivity index (χ1v) is 17.3. The second-order valence-corrected chi connectivity index (χ2v) is 11.7. The summed E-state index contributed by atoms with van der Waals surface area (Å²) in [5.74, 6) is 3.66. The number of unbranched alkanes of at least 4 members (excludes halogenated alkanes) is 12. The van der Waals surface area contributed by atoms with Crippen LogP contribution in [0.5, 0.6) is 23.0 Å². The Balaban J connectivity index is 1.98. The topological polar surface area (TPSA) is 36.9 Å². The highest BCUT2D eigenvalue weighted by Gasteiger charge is 2.18. The van der Waals surface area contributed by atoms with E-state index in [1.807, 2.05) is 0 Å². The molecule has 3 aromatic carbocycles. The summed E-state index contributed by atoms with van der Waals surface area (Å²) in [5, 5.41) is 4.31.